The van der Waals surface area contributed by atoms with Gasteiger partial charge in [0.2, 0.25) is 5.91 Å². The predicted octanol–water partition coefficient (Wildman–Crippen LogP) is 0.655. The topological polar surface area (TPSA) is 41.1 Å². The first-order valence-electron chi connectivity index (χ1n) is 4.78. The molecule has 0 radical (unpaired) electrons. The van der Waals surface area contributed by atoms with Crippen LogP contribution < -0.4 is 10.6 Å². The van der Waals surface area contributed by atoms with Crippen molar-refractivity contribution in [3.8, 4) is 0 Å². The lowest BCUT2D eigenvalue weighted by molar-refractivity contribution is -0.124. The van der Waals surface area contributed by atoms with Crippen molar-refractivity contribution in [3.63, 3.8) is 0 Å². The van der Waals surface area contributed by atoms with Gasteiger partial charge in [0.05, 0.1) is 5.54 Å². The SMILES string of the molecule is CCCNC1(CC)CCNC1=O. The smallest absolute Gasteiger partial charge is 0.240 e. The standard InChI is InChI=1S/C9H18N2O/c1-3-6-11-9(4-2)5-7-10-8(9)12/h11H,3-7H2,1-2H3,(H,10,12). The van der Waals surface area contributed by atoms with Crippen LogP contribution in [0.5, 0.6) is 0 Å². The van der Waals surface area contributed by atoms with E-state index >= 15 is 0 Å². The average molecular weight is 170 g/mol. The van der Waals surface area contributed by atoms with E-state index in [9.17, 15) is 4.79 Å². The molecule has 1 fully saturated rings. The molecule has 2 N–H and O–H groups in total. The van der Waals surface area contributed by atoms with Crippen LogP contribution >= 0.6 is 0 Å². The van der Waals surface area contributed by atoms with Crippen LogP contribution in [0.25, 0.3) is 0 Å². The summed E-state index contributed by atoms with van der Waals surface area (Å²) in [7, 11) is 0. The number of hydrogen-bond acceptors (Lipinski definition) is 2. The van der Waals surface area contributed by atoms with Gasteiger partial charge in [-0.2, -0.15) is 0 Å². The third kappa shape index (κ3) is 1.61. The van der Waals surface area contributed by atoms with Crippen molar-refractivity contribution in [2.45, 2.75) is 38.6 Å². The van der Waals surface area contributed by atoms with Crippen LogP contribution in [0.4, 0.5) is 0 Å². The van der Waals surface area contributed by atoms with E-state index in [1.54, 1.807) is 0 Å². The van der Waals surface area contributed by atoms with Gasteiger partial charge in [-0.05, 0) is 25.8 Å². The van der Waals surface area contributed by atoms with Crippen LogP contribution in [-0.2, 0) is 4.79 Å². The second kappa shape index (κ2) is 3.90. The molecule has 70 valence electrons. The molecule has 0 saturated carbocycles. The van der Waals surface area contributed by atoms with Crippen LogP contribution in [0, 0.1) is 0 Å². The monoisotopic (exact) mass is 170 g/mol. The van der Waals surface area contributed by atoms with E-state index in [0.29, 0.717) is 0 Å². The van der Waals surface area contributed by atoms with E-state index in [0.717, 1.165) is 32.4 Å². The highest BCUT2D eigenvalue weighted by atomic mass is 16.2. The zero-order valence-electron chi connectivity index (χ0n) is 7.94. The molecule has 1 atom stereocenters. The molecular weight excluding hydrogens is 152 g/mol. The highest BCUT2D eigenvalue weighted by Crippen LogP contribution is 2.19. The lowest BCUT2D eigenvalue weighted by Gasteiger charge is -2.25. The molecule has 1 saturated heterocycles. The number of carbonyl (C=O) groups excluding carboxylic acids is 1. The molecule has 0 aromatic rings. The zero-order valence-corrected chi connectivity index (χ0v) is 7.94. The Kier molecular flexibility index (Phi) is 3.09. The molecule has 3 heteroatoms. The van der Waals surface area contributed by atoms with Gasteiger partial charge in [-0.1, -0.05) is 13.8 Å². The maximum Gasteiger partial charge on any atom is 0.240 e. The highest BCUT2D eigenvalue weighted by Gasteiger charge is 2.39. The van der Waals surface area contributed by atoms with Gasteiger partial charge < -0.3 is 10.6 Å². The van der Waals surface area contributed by atoms with Gasteiger partial charge in [-0.3, -0.25) is 4.79 Å². The number of carbonyl (C=O) groups is 1. The summed E-state index contributed by atoms with van der Waals surface area (Å²) in [6.07, 6.45) is 2.90. The van der Waals surface area contributed by atoms with Gasteiger partial charge in [-0.15, -0.1) is 0 Å². The van der Waals surface area contributed by atoms with Crippen LogP contribution in [0.15, 0.2) is 0 Å². The highest BCUT2D eigenvalue weighted by molar-refractivity contribution is 5.88. The van der Waals surface area contributed by atoms with E-state index < -0.39 is 0 Å². The van der Waals surface area contributed by atoms with Gasteiger partial charge in [-0.25, -0.2) is 0 Å². The quantitative estimate of drug-likeness (QED) is 0.650. The Morgan fingerprint density at radius 3 is 2.75 bits per heavy atom. The number of amides is 1. The summed E-state index contributed by atoms with van der Waals surface area (Å²) in [6.45, 7) is 5.93. The Bertz CT molecular complexity index is 170. The summed E-state index contributed by atoms with van der Waals surface area (Å²) >= 11 is 0. The molecule has 12 heavy (non-hydrogen) atoms. The van der Waals surface area contributed by atoms with Crippen LogP contribution in [0.2, 0.25) is 0 Å². The fourth-order valence-corrected chi connectivity index (χ4v) is 1.67. The Morgan fingerprint density at radius 1 is 1.58 bits per heavy atom. The number of rotatable bonds is 4. The second-order valence-corrected chi connectivity index (χ2v) is 3.37. The minimum atomic E-state index is -0.254. The molecule has 1 aliphatic heterocycles. The summed E-state index contributed by atoms with van der Waals surface area (Å²) in [4.78, 5) is 11.5. The lowest BCUT2D eigenvalue weighted by Crippen LogP contribution is -2.50. The van der Waals surface area contributed by atoms with Gasteiger partial charge in [0, 0.05) is 6.54 Å². The Hall–Kier alpha value is -0.570. The molecule has 1 heterocycles. The number of nitrogens with one attached hydrogen (secondary N) is 2. The van der Waals surface area contributed by atoms with E-state index in [1.807, 2.05) is 0 Å². The molecule has 1 unspecified atom stereocenters. The van der Waals surface area contributed by atoms with E-state index in [4.69, 9.17) is 0 Å². The third-order valence-electron chi connectivity index (χ3n) is 2.59. The molecule has 0 spiro atoms. The van der Waals surface area contributed by atoms with Crippen molar-refractivity contribution < 1.29 is 4.79 Å². The van der Waals surface area contributed by atoms with E-state index in [-0.39, 0.29) is 11.4 Å². The van der Waals surface area contributed by atoms with Crippen LogP contribution in [0.3, 0.4) is 0 Å². The van der Waals surface area contributed by atoms with Crippen molar-refractivity contribution in [2.75, 3.05) is 13.1 Å². The third-order valence-corrected chi connectivity index (χ3v) is 2.59. The van der Waals surface area contributed by atoms with E-state index in [1.165, 1.54) is 0 Å². The number of hydrogen-bond donors (Lipinski definition) is 2. The van der Waals surface area contributed by atoms with Crippen molar-refractivity contribution in [1.82, 2.24) is 10.6 Å². The molecule has 0 bridgehead atoms. The minimum Gasteiger partial charge on any atom is -0.354 e. The predicted molar refractivity (Wildman–Crippen MR) is 48.9 cm³/mol. The fraction of sp³-hybridized carbons (Fsp3) is 0.889. The van der Waals surface area contributed by atoms with Crippen LogP contribution in [0.1, 0.15) is 33.1 Å². The van der Waals surface area contributed by atoms with Crippen molar-refractivity contribution in [2.24, 2.45) is 0 Å². The summed E-state index contributed by atoms with van der Waals surface area (Å²) in [5.41, 5.74) is -0.254. The average Bonchev–Trinajstić information content (AvgIpc) is 2.45. The minimum absolute atomic E-state index is 0.179. The molecule has 0 aliphatic carbocycles. The first kappa shape index (κ1) is 9.52. The summed E-state index contributed by atoms with van der Waals surface area (Å²) in [5.74, 6) is 0.179. The second-order valence-electron chi connectivity index (χ2n) is 3.37. The van der Waals surface area contributed by atoms with Gasteiger partial charge >= 0.3 is 0 Å². The molecule has 0 aromatic carbocycles. The summed E-state index contributed by atoms with van der Waals surface area (Å²) < 4.78 is 0. The Labute approximate surface area is 73.9 Å². The Morgan fingerprint density at radius 2 is 2.33 bits per heavy atom. The van der Waals surface area contributed by atoms with E-state index in [2.05, 4.69) is 24.5 Å². The first-order chi connectivity index (χ1) is 5.75. The zero-order chi connectivity index (χ0) is 9.03. The largest absolute Gasteiger partial charge is 0.354 e. The Balaban J connectivity index is 2.55. The van der Waals surface area contributed by atoms with Gasteiger partial charge in [0.15, 0.2) is 0 Å². The molecular formula is C9H18N2O. The molecule has 1 aliphatic rings. The molecule has 3 nitrogen and oxygen atoms in total. The van der Waals surface area contributed by atoms with Gasteiger partial charge in [0.25, 0.3) is 0 Å². The van der Waals surface area contributed by atoms with Crippen molar-refractivity contribution in [1.29, 1.82) is 0 Å². The molecule has 1 rings (SSSR count). The maximum atomic E-state index is 11.5. The van der Waals surface area contributed by atoms with Crippen molar-refractivity contribution in [3.05, 3.63) is 0 Å². The lowest BCUT2D eigenvalue weighted by atomic mass is 9.94. The summed E-state index contributed by atoms with van der Waals surface area (Å²) in [6, 6.07) is 0. The van der Waals surface area contributed by atoms with Gasteiger partial charge in [0.1, 0.15) is 0 Å². The van der Waals surface area contributed by atoms with Crippen molar-refractivity contribution >= 4 is 5.91 Å². The maximum absolute atomic E-state index is 11.5. The first-order valence-corrected chi connectivity index (χ1v) is 4.78. The fourth-order valence-electron chi connectivity index (χ4n) is 1.67. The summed E-state index contributed by atoms with van der Waals surface area (Å²) in [5, 5.41) is 6.20. The normalized spacial score (nSPS) is 29.0. The van der Waals surface area contributed by atoms with Crippen LogP contribution in [-0.4, -0.2) is 24.5 Å². The molecule has 1 amide bonds. The molecule has 0 aromatic heterocycles.